The maximum atomic E-state index is 13.3. The highest BCUT2D eigenvalue weighted by Crippen LogP contribution is 2.29. The third-order valence-corrected chi connectivity index (χ3v) is 6.18. The Labute approximate surface area is 183 Å². The number of para-hydroxylation sites is 2. The van der Waals surface area contributed by atoms with E-state index in [9.17, 15) is 18.0 Å². The van der Waals surface area contributed by atoms with Crippen LogP contribution in [0, 0.1) is 6.92 Å². The fraction of sp³-hybridized carbons (Fsp3) is 0.364. The highest BCUT2D eigenvalue weighted by molar-refractivity contribution is 7.92. The average molecular weight is 448 g/mol. The molecule has 0 saturated carbocycles. The topological polar surface area (TPSA) is 96.0 Å². The van der Waals surface area contributed by atoms with E-state index in [-0.39, 0.29) is 18.1 Å². The van der Waals surface area contributed by atoms with Gasteiger partial charge in [0.05, 0.1) is 19.1 Å². The number of sulfonamides is 1. The molecule has 1 unspecified atom stereocenters. The molecule has 0 aromatic heterocycles. The Morgan fingerprint density at radius 2 is 1.71 bits per heavy atom. The summed E-state index contributed by atoms with van der Waals surface area (Å²) >= 11 is 0. The van der Waals surface area contributed by atoms with Crippen molar-refractivity contribution in [3.63, 3.8) is 0 Å². The van der Waals surface area contributed by atoms with Crippen LogP contribution in [0.25, 0.3) is 0 Å². The van der Waals surface area contributed by atoms with Crippen molar-refractivity contribution in [1.82, 2.24) is 10.2 Å². The van der Waals surface area contributed by atoms with Crippen LogP contribution in [0.2, 0.25) is 0 Å². The van der Waals surface area contributed by atoms with Gasteiger partial charge in [0.1, 0.15) is 18.3 Å². The van der Waals surface area contributed by atoms with Crippen LogP contribution in [0.4, 0.5) is 5.69 Å². The fourth-order valence-electron chi connectivity index (χ4n) is 3.19. The smallest absolute Gasteiger partial charge is 0.244 e. The molecule has 1 N–H and O–H groups in total. The highest BCUT2D eigenvalue weighted by Gasteiger charge is 2.30. The molecule has 2 rings (SSSR count). The summed E-state index contributed by atoms with van der Waals surface area (Å²) in [5.41, 5.74) is 2.09. The molecular formula is C22H29N3O5S. The number of hydrogen-bond acceptors (Lipinski definition) is 5. The first kappa shape index (κ1) is 24.2. The second-order valence-corrected chi connectivity index (χ2v) is 9.09. The maximum absolute atomic E-state index is 13.3. The molecule has 1 atom stereocenters. The first-order valence-electron chi connectivity index (χ1n) is 9.76. The zero-order valence-corrected chi connectivity index (χ0v) is 19.3. The van der Waals surface area contributed by atoms with E-state index in [0.29, 0.717) is 5.75 Å². The van der Waals surface area contributed by atoms with Gasteiger partial charge in [-0.1, -0.05) is 36.4 Å². The quantitative estimate of drug-likeness (QED) is 0.634. The van der Waals surface area contributed by atoms with Crippen molar-refractivity contribution in [3.05, 3.63) is 59.7 Å². The van der Waals surface area contributed by atoms with Gasteiger partial charge in [0.2, 0.25) is 21.8 Å². The standard InChI is InChI=1S/C22H29N3O5S/c1-16-10-6-7-11-18(16)14-24(17(2)22(27)23-3)21(26)15-25(31(5,28)29)19-12-8-9-13-20(19)30-4/h6-13,17H,14-15H2,1-5H3,(H,23,27). The number of methoxy groups -OCH3 is 1. The molecule has 0 aliphatic heterocycles. The number of amides is 2. The first-order valence-corrected chi connectivity index (χ1v) is 11.6. The number of ether oxygens (including phenoxy) is 1. The van der Waals surface area contributed by atoms with Gasteiger partial charge in [0.25, 0.3) is 0 Å². The van der Waals surface area contributed by atoms with Crippen molar-refractivity contribution in [2.24, 2.45) is 0 Å². The summed E-state index contributed by atoms with van der Waals surface area (Å²) in [6, 6.07) is 13.3. The van der Waals surface area contributed by atoms with Crippen molar-refractivity contribution in [2.45, 2.75) is 26.4 Å². The number of nitrogens with one attached hydrogen (secondary N) is 1. The molecule has 0 spiro atoms. The van der Waals surface area contributed by atoms with E-state index < -0.39 is 28.5 Å². The predicted molar refractivity (Wildman–Crippen MR) is 120 cm³/mol. The number of carbonyl (C=O) groups excluding carboxylic acids is 2. The first-order chi connectivity index (χ1) is 14.6. The molecule has 0 bridgehead atoms. The maximum Gasteiger partial charge on any atom is 0.244 e. The third kappa shape index (κ3) is 5.97. The Kier molecular flexibility index (Phi) is 8.04. The van der Waals surface area contributed by atoms with Crippen LogP contribution in [0.5, 0.6) is 5.75 Å². The van der Waals surface area contributed by atoms with Gasteiger partial charge in [-0.2, -0.15) is 0 Å². The van der Waals surface area contributed by atoms with Gasteiger partial charge in [0, 0.05) is 13.6 Å². The highest BCUT2D eigenvalue weighted by atomic mass is 32.2. The van der Waals surface area contributed by atoms with Gasteiger partial charge >= 0.3 is 0 Å². The van der Waals surface area contributed by atoms with Gasteiger partial charge in [-0.15, -0.1) is 0 Å². The van der Waals surface area contributed by atoms with Gasteiger partial charge in [-0.3, -0.25) is 13.9 Å². The Morgan fingerprint density at radius 1 is 1.10 bits per heavy atom. The van der Waals surface area contributed by atoms with E-state index >= 15 is 0 Å². The summed E-state index contributed by atoms with van der Waals surface area (Å²) in [7, 11) is -0.884. The SMILES string of the molecule is CNC(=O)C(C)N(Cc1ccccc1C)C(=O)CN(c1ccccc1OC)S(C)(=O)=O. The molecule has 0 saturated heterocycles. The van der Waals surface area contributed by atoms with Crippen LogP contribution in [-0.4, -0.2) is 58.1 Å². The average Bonchev–Trinajstić information content (AvgIpc) is 2.74. The monoisotopic (exact) mass is 447 g/mol. The summed E-state index contributed by atoms with van der Waals surface area (Å²) in [6.07, 6.45) is 1.03. The normalized spacial score (nSPS) is 12.0. The van der Waals surface area contributed by atoms with Gasteiger partial charge in [-0.25, -0.2) is 8.42 Å². The number of anilines is 1. The van der Waals surface area contributed by atoms with Crippen LogP contribution < -0.4 is 14.4 Å². The van der Waals surface area contributed by atoms with Crippen molar-refractivity contribution in [3.8, 4) is 5.75 Å². The number of rotatable bonds is 9. The lowest BCUT2D eigenvalue weighted by Gasteiger charge is -2.31. The molecule has 0 heterocycles. The zero-order valence-electron chi connectivity index (χ0n) is 18.5. The minimum Gasteiger partial charge on any atom is -0.495 e. The van der Waals surface area contributed by atoms with Crippen molar-refractivity contribution in [1.29, 1.82) is 0 Å². The minimum absolute atomic E-state index is 0.170. The van der Waals surface area contributed by atoms with Gasteiger partial charge in [-0.05, 0) is 37.1 Å². The second-order valence-electron chi connectivity index (χ2n) is 7.18. The van der Waals surface area contributed by atoms with Crippen molar-refractivity contribution >= 4 is 27.5 Å². The van der Waals surface area contributed by atoms with Crippen LogP contribution in [-0.2, 0) is 26.2 Å². The number of aryl methyl sites for hydroxylation is 1. The Morgan fingerprint density at radius 3 is 2.29 bits per heavy atom. The predicted octanol–water partition coefficient (Wildman–Crippen LogP) is 1.93. The second kappa shape index (κ2) is 10.3. The Balaban J connectivity index is 2.44. The summed E-state index contributed by atoms with van der Waals surface area (Å²) in [5, 5.41) is 2.55. The number of carbonyl (C=O) groups is 2. The molecule has 9 heteroatoms. The lowest BCUT2D eigenvalue weighted by Crippen LogP contribution is -2.50. The van der Waals surface area contributed by atoms with E-state index in [2.05, 4.69) is 5.32 Å². The molecule has 0 fully saturated rings. The zero-order chi connectivity index (χ0) is 23.2. The Bertz CT molecular complexity index is 1040. The lowest BCUT2D eigenvalue weighted by molar-refractivity contribution is -0.139. The number of nitrogens with zero attached hydrogens (tertiary/aromatic N) is 2. The van der Waals surface area contributed by atoms with Gasteiger partial charge in [0.15, 0.2) is 0 Å². The number of likely N-dealkylation sites (N-methyl/N-ethyl adjacent to an activating group) is 1. The van der Waals surface area contributed by atoms with Crippen LogP contribution >= 0.6 is 0 Å². The van der Waals surface area contributed by atoms with Crippen LogP contribution in [0.15, 0.2) is 48.5 Å². The van der Waals surface area contributed by atoms with E-state index in [1.165, 1.54) is 19.1 Å². The van der Waals surface area contributed by atoms with E-state index in [1.807, 2.05) is 31.2 Å². The molecule has 8 nitrogen and oxygen atoms in total. The molecule has 2 aromatic carbocycles. The van der Waals surface area contributed by atoms with E-state index in [4.69, 9.17) is 4.74 Å². The molecule has 31 heavy (non-hydrogen) atoms. The molecular weight excluding hydrogens is 418 g/mol. The van der Waals surface area contributed by atoms with E-state index in [0.717, 1.165) is 21.7 Å². The summed E-state index contributed by atoms with van der Waals surface area (Å²) < 4.78 is 31.4. The molecule has 0 radical (unpaired) electrons. The molecule has 168 valence electrons. The van der Waals surface area contributed by atoms with Gasteiger partial charge < -0.3 is 15.0 Å². The Hall–Kier alpha value is -3.07. The minimum atomic E-state index is -3.81. The van der Waals surface area contributed by atoms with E-state index in [1.54, 1.807) is 31.2 Å². The summed E-state index contributed by atoms with van der Waals surface area (Å²) in [4.78, 5) is 27.1. The number of hydrogen-bond donors (Lipinski definition) is 1. The largest absolute Gasteiger partial charge is 0.495 e. The van der Waals surface area contributed by atoms with Crippen LogP contribution in [0.3, 0.4) is 0 Å². The van der Waals surface area contributed by atoms with Crippen LogP contribution in [0.1, 0.15) is 18.1 Å². The fourth-order valence-corrected chi connectivity index (χ4v) is 4.05. The lowest BCUT2D eigenvalue weighted by atomic mass is 10.1. The number of benzene rings is 2. The van der Waals surface area contributed by atoms with Crippen molar-refractivity contribution < 1.29 is 22.7 Å². The molecule has 0 aliphatic carbocycles. The summed E-state index contributed by atoms with van der Waals surface area (Å²) in [6.45, 7) is 3.24. The third-order valence-electron chi connectivity index (χ3n) is 5.05. The van der Waals surface area contributed by atoms with Crippen molar-refractivity contribution in [2.75, 3.05) is 31.3 Å². The molecule has 0 aliphatic rings. The molecule has 2 aromatic rings. The summed E-state index contributed by atoms with van der Waals surface area (Å²) in [5.74, 6) is -0.522. The molecule has 2 amide bonds.